The third-order valence-electron chi connectivity index (χ3n) is 4.79. The summed E-state index contributed by atoms with van der Waals surface area (Å²) >= 11 is 8.24. The maximum Gasteiger partial charge on any atom is 0.0451 e. The molecule has 0 saturated heterocycles. The molecule has 2 heterocycles. The van der Waals surface area contributed by atoms with Crippen LogP contribution in [0.3, 0.4) is 0 Å². The van der Waals surface area contributed by atoms with Crippen molar-refractivity contribution in [1.29, 1.82) is 0 Å². The van der Waals surface area contributed by atoms with Crippen LogP contribution >= 0.6 is 22.9 Å². The number of aryl methyl sites for hydroxylation is 1. The van der Waals surface area contributed by atoms with Gasteiger partial charge in [0.05, 0.1) is 0 Å². The summed E-state index contributed by atoms with van der Waals surface area (Å²) in [6.07, 6.45) is 0. The summed E-state index contributed by atoms with van der Waals surface area (Å²) in [5.41, 5.74) is 5.43. The second-order valence-corrected chi connectivity index (χ2v) is 7.93. The van der Waals surface area contributed by atoms with Gasteiger partial charge in [-0.2, -0.15) is 0 Å². The van der Waals surface area contributed by atoms with Crippen LogP contribution in [0.4, 0.5) is 0 Å². The third kappa shape index (κ3) is 3.14. The Labute approximate surface area is 152 Å². The molecule has 122 valence electrons. The molecule has 0 fully saturated rings. The molecule has 1 aromatic heterocycles. The van der Waals surface area contributed by atoms with Gasteiger partial charge < -0.3 is 0 Å². The van der Waals surface area contributed by atoms with E-state index in [9.17, 15) is 0 Å². The van der Waals surface area contributed by atoms with Crippen LogP contribution in [0.2, 0.25) is 5.02 Å². The van der Waals surface area contributed by atoms with E-state index in [2.05, 4.69) is 59.7 Å². The third-order valence-corrected chi connectivity index (χ3v) is 6.08. The van der Waals surface area contributed by atoms with E-state index >= 15 is 0 Å². The van der Waals surface area contributed by atoms with Gasteiger partial charge in [-0.1, -0.05) is 59.6 Å². The minimum absolute atomic E-state index is 0.447. The topological polar surface area (TPSA) is 3.24 Å². The normalized spacial score (nSPS) is 17.7. The van der Waals surface area contributed by atoms with Gasteiger partial charge >= 0.3 is 0 Å². The number of hydrogen-bond donors (Lipinski definition) is 0. The van der Waals surface area contributed by atoms with Gasteiger partial charge in [0, 0.05) is 35.5 Å². The van der Waals surface area contributed by atoms with Crippen LogP contribution in [0, 0.1) is 6.92 Å². The van der Waals surface area contributed by atoms with Crippen molar-refractivity contribution >= 4 is 22.9 Å². The molecule has 0 bridgehead atoms. The lowest BCUT2D eigenvalue weighted by atomic mass is 9.88. The van der Waals surface area contributed by atoms with Crippen LogP contribution in [0.5, 0.6) is 0 Å². The Hall–Kier alpha value is -1.61. The molecule has 2 aromatic carbocycles. The summed E-state index contributed by atoms with van der Waals surface area (Å²) in [7, 11) is 0. The van der Waals surface area contributed by atoms with Gasteiger partial charge in [0.15, 0.2) is 0 Å². The van der Waals surface area contributed by atoms with Crippen LogP contribution in [-0.2, 0) is 13.1 Å². The molecule has 3 heteroatoms. The minimum Gasteiger partial charge on any atom is -0.293 e. The zero-order chi connectivity index (χ0) is 16.5. The average Bonchev–Trinajstić information content (AvgIpc) is 3.05. The van der Waals surface area contributed by atoms with Gasteiger partial charge in [0.25, 0.3) is 0 Å². The predicted octanol–water partition coefficient (Wildman–Crippen LogP) is 5.86. The summed E-state index contributed by atoms with van der Waals surface area (Å²) in [4.78, 5) is 4.00. The first-order chi connectivity index (χ1) is 11.7. The van der Waals surface area contributed by atoms with Gasteiger partial charge in [0.1, 0.15) is 0 Å². The predicted molar refractivity (Wildman–Crippen MR) is 103 cm³/mol. The van der Waals surface area contributed by atoms with Crippen LogP contribution in [0.25, 0.3) is 0 Å². The number of halogens is 1. The molecule has 1 atom stereocenters. The molecule has 24 heavy (non-hydrogen) atoms. The van der Waals surface area contributed by atoms with E-state index < -0.39 is 0 Å². The molecule has 1 unspecified atom stereocenters. The van der Waals surface area contributed by atoms with Gasteiger partial charge in [0.2, 0.25) is 0 Å². The molecular weight excluding hydrogens is 334 g/mol. The van der Waals surface area contributed by atoms with Crippen molar-refractivity contribution in [2.24, 2.45) is 0 Å². The number of thiophene rings is 1. The fraction of sp³-hybridized carbons (Fsp3) is 0.238. The summed E-state index contributed by atoms with van der Waals surface area (Å²) in [6, 6.07) is 19.5. The highest BCUT2D eigenvalue weighted by molar-refractivity contribution is 7.10. The van der Waals surface area contributed by atoms with E-state index in [1.54, 1.807) is 0 Å². The van der Waals surface area contributed by atoms with Gasteiger partial charge in [-0.15, -0.1) is 11.3 Å². The molecule has 0 amide bonds. The Bertz CT molecular complexity index is 837. The summed E-state index contributed by atoms with van der Waals surface area (Å²) in [5, 5.41) is 3.09. The molecule has 0 radical (unpaired) electrons. The van der Waals surface area contributed by atoms with Crippen molar-refractivity contribution in [1.82, 2.24) is 4.90 Å². The summed E-state index contributed by atoms with van der Waals surface area (Å²) in [5.74, 6) is 0.447. The van der Waals surface area contributed by atoms with E-state index in [0.717, 1.165) is 24.7 Å². The number of hydrogen-bond acceptors (Lipinski definition) is 2. The van der Waals surface area contributed by atoms with Crippen LogP contribution in [0.1, 0.15) is 33.0 Å². The van der Waals surface area contributed by atoms with Gasteiger partial charge in [-0.25, -0.2) is 0 Å². The van der Waals surface area contributed by atoms with Crippen LogP contribution in [-0.4, -0.2) is 11.4 Å². The Balaban J connectivity index is 1.63. The summed E-state index contributed by atoms with van der Waals surface area (Å²) < 4.78 is 0. The highest BCUT2D eigenvalue weighted by atomic mass is 35.5. The summed E-state index contributed by atoms with van der Waals surface area (Å²) in [6.45, 7) is 5.10. The van der Waals surface area contributed by atoms with Crippen molar-refractivity contribution in [2.75, 3.05) is 6.54 Å². The monoisotopic (exact) mass is 353 g/mol. The van der Waals surface area contributed by atoms with Crippen molar-refractivity contribution in [3.05, 3.63) is 92.1 Å². The first kappa shape index (κ1) is 15.9. The lowest BCUT2D eigenvalue weighted by molar-refractivity contribution is 0.235. The standard InChI is InChI=1S/C21H20ClNS/c1-15-6-8-16(9-7-15)19-13-23(14-21-18(19)10-11-24-21)12-17-4-2-3-5-20(17)22/h2-11,19H,12-14H2,1H3. The molecule has 0 aliphatic carbocycles. The van der Waals surface area contributed by atoms with E-state index in [1.807, 2.05) is 23.5 Å². The largest absolute Gasteiger partial charge is 0.293 e. The van der Waals surface area contributed by atoms with Crippen molar-refractivity contribution in [3.63, 3.8) is 0 Å². The minimum atomic E-state index is 0.447. The van der Waals surface area contributed by atoms with Crippen LogP contribution < -0.4 is 0 Å². The second kappa shape index (κ2) is 6.72. The maximum atomic E-state index is 6.37. The van der Waals surface area contributed by atoms with Crippen molar-refractivity contribution < 1.29 is 0 Å². The lowest BCUT2D eigenvalue weighted by Crippen LogP contribution is -2.32. The zero-order valence-corrected chi connectivity index (χ0v) is 15.3. The molecular formula is C21H20ClNS. The molecule has 0 saturated carbocycles. The van der Waals surface area contributed by atoms with Crippen molar-refractivity contribution in [2.45, 2.75) is 25.9 Å². The fourth-order valence-corrected chi connectivity index (χ4v) is 4.66. The molecule has 1 aliphatic heterocycles. The first-order valence-corrected chi connectivity index (χ1v) is 9.55. The Morgan fingerprint density at radius 3 is 2.67 bits per heavy atom. The lowest BCUT2D eigenvalue weighted by Gasteiger charge is -2.33. The van der Waals surface area contributed by atoms with Crippen LogP contribution in [0.15, 0.2) is 60.0 Å². The average molecular weight is 354 g/mol. The number of rotatable bonds is 3. The highest BCUT2D eigenvalue weighted by Crippen LogP contribution is 2.37. The molecule has 3 aromatic rings. The highest BCUT2D eigenvalue weighted by Gasteiger charge is 2.27. The number of benzene rings is 2. The molecule has 0 N–H and O–H groups in total. The van der Waals surface area contributed by atoms with E-state index in [-0.39, 0.29) is 0 Å². The Kier molecular flexibility index (Phi) is 4.45. The second-order valence-electron chi connectivity index (χ2n) is 6.52. The zero-order valence-electron chi connectivity index (χ0n) is 13.7. The number of nitrogens with zero attached hydrogens (tertiary/aromatic N) is 1. The Morgan fingerprint density at radius 2 is 1.88 bits per heavy atom. The fourth-order valence-electron chi connectivity index (χ4n) is 3.49. The van der Waals surface area contributed by atoms with E-state index in [1.165, 1.54) is 27.1 Å². The molecule has 1 aliphatic rings. The van der Waals surface area contributed by atoms with Gasteiger partial charge in [-0.3, -0.25) is 4.90 Å². The molecule has 0 spiro atoms. The number of fused-ring (bicyclic) bond motifs is 1. The first-order valence-electron chi connectivity index (χ1n) is 8.29. The van der Waals surface area contributed by atoms with E-state index in [4.69, 9.17) is 11.6 Å². The molecule has 4 rings (SSSR count). The Morgan fingerprint density at radius 1 is 1.08 bits per heavy atom. The van der Waals surface area contributed by atoms with E-state index in [0.29, 0.717) is 5.92 Å². The SMILES string of the molecule is Cc1ccc(C2CN(Cc3ccccc3Cl)Cc3sccc32)cc1. The maximum absolute atomic E-state index is 6.37. The van der Waals surface area contributed by atoms with Gasteiger partial charge in [-0.05, 0) is 41.1 Å². The van der Waals surface area contributed by atoms with Crippen molar-refractivity contribution in [3.8, 4) is 0 Å². The smallest absolute Gasteiger partial charge is 0.0451 e. The quantitative estimate of drug-likeness (QED) is 0.570. The molecule has 1 nitrogen and oxygen atoms in total.